The van der Waals surface area contributed by atoms with Gasteiger partial charge < -0.3 is 5.11 Å². The molecule has 1 aromatic rings. The van der Waals surface area contributed by atoms with E-state index in [0.29, 0.717) is 12.8 Å². The number of phenols is 1. The highest BCUT2D eigenvalue weighted by atomic mass is 32.2. The maximum Gasteiger partial charge on any atom is 0.235 e. The van der Waals surface area contributed by atoms with Crippen LogP contribution in [-0.4, -0.2) is 18.8 Å². The van der Waals surface area contributed by atoms with Crippen molar-refractivity contribution < 1.29 is 17.9 Å². The van der Waals surface area contributed by atoms with Crippen LogP contribution >= 0.6 is 0 Å². The summed E-state index contributed by atoms with van der Waals surface area (Å²) in [7, 11) is -3.37. The van der Waals surface area contributed by atoms with Crippen molar-refractivity contribution in [3.63, 3.8) is 0 Å². The molecule has 0 radical (unpaired) electrons. The molecule has 0 aliphatic heterocycles. The van der Waals surface area contributed by atoms with Crippen LogP contribution in [0.2, 0.25) is 0 Å². The molecular formula is C9H10FNO3S. The van der Waals surface area contributed by atoms with Crippen molar-refractivity contribution in [1.82, 2.24) is 0 Å². The molecule has 1 aliphatic carbocycles. The molecule has 1 aliphatic rings. The zero-order valence-corrected chi connectivity index (χ0v) is 8.59. The lowest BCUT2D eigenvalue weighted by atomic mass is 10.3. The molecule has 15 heavy (non-hydrogen) atoms. The maximum atomic E-state index is 12.9. The molecule has 4 nitrogen and oxygen atoms in total. The largest absolute Gasteiger partial charge is 0.505 e. The minimum atomic E-state index is -3.37. The molecule has 2 N–H and O–H groups in total. The molecule has 1 saturated carbocycles. The molecule has 0 atom stereocenters. The Morgan fingerprint density at radius 2 is 2.07 bits per heavy atom. The molecule has 1 fully saturated rings. The van der Waals surface area contributed by atoms with Crippen LogP contribution in [0.5, 0.6) is 5.75 Å². The number of rotatable bonds is 3. The second-order valence-corrected chi connectivity index (χ2v) is 5.47. The average Bonchev–Trinajstić information content (AvgIpc) is 2.93. The molecule has 0 bridgehead atoms. The molecule has 0 unspecified atom stereocenters. The van der Waals surface area contributed by atoms with Gasteiger partial charge in [-0.15, -0.1) is 0 Å². The molecule has 6 heteroatoms. The van der Waals surface area contributed by atoms with Crippen molar-refractivity contribution in [3.05, 3.63) is 24.0 Å². The Morgan fingerprint density at radius 3 is 2.60 bits per heavy atom. The van der Waals surface area contributed by atoms with Gasteiger partial charge in [-0.1, -0.05) is 0 Å². The average molecular weight is 231 g/mol. The van der Waals surface area contributed by atoms with E-state index in [9.17, 15) is 12.8 Å². The molecule has 82 valence electrons. The van der Waals surface area contributed by atoms with Gasteiger partial charge in [0, 0.05) is 6.07 Å². The highest BCUT2D eigenvalue weighted by Gasteiger charge is 2.35. The predicted molar refractivity (Wildman–Crippen MR) is 53.6 cm³/mol. The number of hydrogen-bond donors (Lipinski definition) is 2. The minimum absolute atomic E-state index is 0.136. The van der Waals surface area contributed by atoms with Crippen molar-refractivity contribution in [3.8, 4) is 5.75 Å². The molecule has 0 amide bonds. The molecule has 0 spiro atoms. The SMILES string of the molecule is O=S(=O)(Nc1ccc(O)c(F)c1)C1CC1. The van der Waals surface area contributed by atoms with Gasteiger partial charge in [-0.2, -0.15) is 0 Å². The van der Waals surface area contributed by atoms with Crippen molar-refractivity contribution >= 4 is 15.7 Å². The first-order chi connectivity index (χ1) is 6.99. The highest BCUT2D eigenvalue weighted by Crippen LogP contribution is 2.30. The van der Waals surface area contributed by atoms with Crippen LogP contribution in [-0.2, 0) is 10.0 Å². The second kappa shape index (κ2) is 3.37. The minimum Gasteiger partial charge on any atom is -0.505 e. The lowest BCUT2D eigenvalue weighted by Gasteiger charge is -2.06. The number of hydrogen-bond acceptors (Lipinski definition) is 3. The van der Waals surface area contributed by atoms with Crippen molar-refractivity contribution in [2.75, 3.05) is 4.72 Å². The third-order valence-corrected chi connectivity index (χ3v) is 4.04. The Labute approximate surface area is 86.8 Å². The summed E-state index contributed by atoms with van der Waals surface area (Å²) >= 11 is 0. The molecule has 1 aromatic carbocycles. The van der Waals surface area contributed by atoms with Crippen LogP contribution in [0.15, 0.2) is 18.2 Å². The van der Waals surface area contributed by atoms with Crippen molar-refractivity contribution in [2.24, 2.45) is 0 Å². The Hall–Kier alpha value is -1.30. The Balaban J connectivity index is 2.21. The number of sulfonamides is 1. The third-order valence-electron chi connectivity index (χ3n) is 2.17. The lowest BCUT2D eigenvalue weighted by Crippen LogP contribution is -2.17. The molecular weight excluding hydrogens is 221 g/mol. The van der Waals surface area contributed by atoms with Gasteiger partial charge in [-0.05, 0) is 25.0 Å². The van der Waals surface area contributed by atoms with Gasteiger partial charge in [-0.3, -0.25) is 4.72 Å². The Bertz CT molecular complexity index is 482. The summed E-state index contributed by atoms with van der Waals surface area (Å²) in [5, 5.41) is 8.56. The second-order valence-electron chi connectivity index (χ2n) is 3.51. The van der Waals surface area contributed by atoms with Gasteiger partial charge in [0.2, 0.25) is 10.0 Å². The summed E-state index contributed by atoms with van der Waals surface area (Å²) in [6, 6.07) is 3.38. The summed E-state index contributed by atoms with van der Waals surface area (Å²) in [5.41, 5.74) is 0.136. The number of phenolic OH excluding ortho intramolecular Hbond substituents is 1. The van der Waals surface area contributed by atoms with Crippen LogP contribution in [0.1, 0.15) is 12.8 Å². The van der Waals surface area contributed by atoms with E-state index < -0.39 is 21.6 Å². The van der Waals surface area contributed by atoms with Crippen molar-refractivity contribution in [1.29, 1.82) is 0 Å². The van der Waals surface area contributed by atoms with E-state index in [1.165, 1.54) is 6.07 Å². The van der Waals surface area contributed by atoms with E-state index in [0.717, 1.165) is 12.1 Å². The monoisotopic (exact) mass is 231 g/mol. The van der Waals surface area contributed by atoms with E-state index in [-0.39, 0.29) is 10.9 Å². The first-order valence-electron chi connectivity index (χ1n) is 4.49. The van der Waals surface area contributed by atoms with E-state index >= 15 is 0 Å². The maximum absolute atomic E-state index is 12.9. The fourth-order valence-corrected chi connectivity index (χ4v) is 2.58. The van der Waals surface area contributed by atoms with Crippen LogP contribution in [0.25, 0.3) is 0 Å². The smallest absolute Gasteiger partial charge is 0.235 e. The van der Waals surface area contributed by atoms with Gasteiger partial charge in [0.25, 0.3) is 0 Å². The first-order valence-corrected chi connectivity index (χ1v) is 6.04. The van der Waals surface area contributed by atoms with Crippen LogP contribution in [0.3, 0.4) is 0 Å². The van der Waals surface area contributed by atoms with E-state index in [2.05, 4.69) is 4.72 Å². The topological polar surface area (TPSA) is 66.4 Å². The third kappa shape index (κ3) is 2.20. The van der Waals surface area contributed by atoms with Gasteiger partial charge in [-0.25, -0.2) is 12.8 Å². The van der Waals surface area contributed by atoms with Gasteiger partial charge in [0.05, 0.1) is 10.9 Å². The summed E-state index contributed by atoms with van der Waals surface area (Å²) in [6.45, 7) is 0. The molecule has 0 saturated heterocycles. The van der Waals surface area contributed by atoms with Crippen LogP contribution in [0.4, 0.5) is 10.1 Å². The molecule has 0 heterocycles. The molecule has 2 rings (SSSR count). The number of halogens is 1. The summed E-state index contributed by atoms with van der Waals surface area (Å²) < 4.78 is 38.1. The predicted octanol–water partition coefficient (Wildman–Crippen LogP) is 1.44. The number of aromatic hydroxyl groups is 1. The summed E-state index contributed by atoms with van der Waals surface area (Å²) in [5.74, 6) is -1.34. The zero-order valence-electron chi connectivity index (χ0n) is 7.77. The molecule has 0 aromatic heterocycles. The van der Waals surface area contributed by atoms with Gasteiger partial charge in [0.1, 0.15) is 0 Å². The fourth-order valence-electron chi connectivity index (χ4n) is 1.20. The standard InChI is InChI=1S/C9H10FNO3S/c10-8-5-6(1-4-9(8)12)11-15(13,14)7-2-3-7/h1,4-5,7,11-12H,2-3H2. The summed E-state index contributed by atoms with van der Waals surface area (Å²) in [6.07, 6.45) is 1.30. The first kappa shape index (κ1) is 10.2. The van der Waals surface area contributed by atoms with E-state index in [4.69, 9.17) is 5.11 Å². The Kier molecular flexibility index (Phi) is 2.30. The normalized spacial score (nSPS) is 16.3. The number of anilines is 1. The summed E-state index contributed by atoms with van der Waals surface area (Å²) in [4.78, 5) is 0. The van der Waals surface area contributed by atoms with Gasteiger partial charge >= 0.3 is 0 Å². The fraction of sp³-hybridized carbons (Fsp3) is 0.333. The van der Waals surface area contributed by atoms with Crippen LogP contribution in [0, 0.1) is 5.82 Å². The van der Waals surface area contributed by atoms with E-state index in [1.807, 2.05) is 0 Å². The van der Waals surface area contributed by atoms with Crippen LogP contribution < -0.4 is 4.72 Å². The van der Waals surface area contributed by atoms with Crippen molar-refractivity contribution in [2.45, 2.75) is 18.1 Å². The quantitative estimate of drug-likeness (QED) is 0.773. The number of nitrogens with one attached hydrogen (secondary N) is 1. The van der Waals surface area contributed by atoms with Gasteiger partial charge in [0.15, 0.2) is 11.6 Å². The van der Waals surface area contributed by atoms with E-state index in [1.54, 1.807) is 0 Å². The Morgan fingerprint density at radius 1 is 1.40 bits per heavy atom. The zero-order chi connectivity index (χ0) is 11.1. The number of benzene rings is 1. The lowest BCUT2D eigenvalue weighted by molar-refractivity contribution is 0.432. The highest BCUT2D eigenvalue weighted by molar-refractivity contribution is 7.93.